The Morgan fingerprint density at radius 2 is 1.76 bits per heavy atom. The minimum atomic E-state index is 0.340. The molecule has 1 saturated heterocycles. The van der Waals surface area contributed by atoms with Crippen LogP contribution in [0.4, 0.5) is 0 Å². The molecule has 110 valence electrons. The molecular formula is C18H21NO2. The summed E-state index contributed by atoms with van der Waals surface area (Å²) in [5.74, 6) is 1.43. The van der Waals surface area contributed by atoms with Gasteiger partial charge in [0.15, 0.2) is 0 Å². The first-order chi connectivity index (χ1) is 10.3. The van der Waals surface area contributed by atoms with Crippen LogP contribution in [-0.4, -0.2) is 18.5 Å². The van der Waals surface area contributed by atoms with Gasteiger partial charge in [-0.05, 0) is 49.3 Å². The van der Waals surface area contributed by atoms with Crippen LogP contribution >= 0.6 is 0 Å². The van der Waals surface area contributed by atoms with E-state index in [1.54, 1.807) is 0 Å². The van der Waals surface area contributed by atoms with E-state index >= 15 is 0 Å². The summed E-state index contributed by atoms with van der Waals surface area (Å²) in [5.41, 5.74) is 1.98. The van der Waals surface area contributed by atoms with E-state index in [-0.39, 0.29) is 0 Å². The van der Waals surface area contributed by atoms with Crippen LogP contribution in [0.25, 0.3) is 0 Å². The third-order valence-electron chi connectivity index (χ3n) is 4.94. The number of carbonyl (C=O) groups excluding carboxylic acids is 1. The summed E-state index contributed by atoms with van der Waals surface area (Å²) in [6.45, 7) is 0.765. The summed E-state index contributed by atoms with van der Waals surface area (Å²) in [4.78, 5) is 11.3. The monoisotopic (exact) mass is 283 g/mol. The maximum Gasteiger partial charge on any atom is 0.132 e. The summed E-state index contributed by atoms with van der Waals surface area (Å²) in [6, 6.07) is 10.0. The third kappa shape index (κ3) is 3.33. The Hall–Kier alpha value is -1.66. The highest BCUT2D eigenvalue weighted by atomic mass is 16.5. The molecule has 3 rings (SSSR count). The molecule has 1 saturated carbocycles. The van der Waals surface area contributed by atoms with Gasteiger partial charge in [-0.1, -0.05) is 12.1 Å². The highest BCUT2D eigenvalue weighted by Gasteiger charge is 2.31. The van der Waals surface area contributed by atoms with Crippen LogP contribution in [0.2, 0.25) is 0 Å². The number of nitriles is 1. The number of hydrogen-bond acceptors (Lipinski definition) is 3. The first-order valence-corrected chi connectivity index (χ1v) is 7.89. The number of Topliss-reactive ketones (excluding diaryl/α,β-unsaturated/α-hetero) is 1. The molecule has 0 radical (unpaired) electrons. The SMILES string of the molecule is N#Cc1ccc(C2CCC(C3CCC(=O)CC3)OC2)cc1. The number of carbonyl (C=O) groups is 1. The average molecular weight is 283 g/mol. The van der Waals surface area contributed by atoms with Crippen LogP contribution in [0.3, 0.4) is 0 Å². The fourth-order valence-electron chi connectivity index (χ4n) is 3.57. The number of benzene rings is 1. The van der Waals surface area contributed by atoms with Crippen LogP contribution < -0.4 is 0 Å². The Bertz CT molecular complexity index is 525. The van der Waals surface area contributed by atoms with Crippen molar-refractivity contribution in [2.24, 2.45) is 5.92 Å². The molecule has 3 nitrogen and oxygen atoms in total. The highest BCUT2D eigenvalue weighted by Crippen LogP contribution is 2.35. The van der Waals surface area contributed by atoms with Crippen molar-refractivity contribution in [3.05, 3.63) is 35.4 Å². The van der Waals surface area contributed by atoms with Gasteiger partial charge in [-0.2, -0.15) is 5.26 Å². The molecule has 21 heavy (non-hydrogen) atoms. The molecule has 2 fully saturated rings. The Labute approximate surface area is 125 Å². The third-order valence-corrected chi connectivity index (χ3v) is 4.94. The Morgan fingerprint density at radius 3 is 2.33 bits per heavy atom. The van der Waals surface area contributed by atoms with E-state index in [1.807, 2.05) is 24.3 Å². The molecule has 1 aromatic carbocycles. The van der Waals surface area contributed by atoms with Gasteiger partial charge in [0.1, 0.15) is 5.78 Å². The summed E-state index contributed by atoms with van der Waals surface area (Å²) in [7, 11) is 0. The lowest BCUT2D eigenvalue weighted by molar-refractivity contribution is -0.122. The predicted octanol–water partition coefficient (Wildman–Crippen LogP) is 3.58. The first-order valence-electron chi connectivity index (χ1n) is 7.89. The zero-order chi connectivity index (χ0) is 14.7. The van der Waals surface area contributed by atoms with Gasteiger partial charge in [-0.15, -0.1) is 0 Å². The molecule has 1 aliphatic carbocycles. The van der Waals surface area contributed by atoms with Crippen molar-refractivity contribution in [1.82, 2.24) is 0 Å². The van der Waals surface area contributed by atoms with Crippen LogP contribution in [0.15, 0.2) is 24.3 Å². The van der Waals surface area contributed by atoms with E-state index in [9.17, 15) is 4.79 Å². The molecule has 0 aromatic heterocycles. The molecule has 0 N–H and O–H groups in total. The molecule has 1 aliphatic heterocycles. The Balaban J connectivity index is 1.55. The zero-order valence-corrected chi connectivity index (χ0v) is 12.3. The molecule has 3 heteroatoms. The first kappa shape index (κ1) is 14.3. The van der Waals surface area contributed by atoms with Gasteiger partial charge >= 0.3 is 0 Å². The van der Waals surface area contributed by atoms with Crippen molar-refractivity contribution in [3.8, 4) is 6.07 Å². The largest absolute Gasteiger partial charge is 0.377 e. The maximum atomic E-state index is 11.3. The van der Waals surface area contributed by atoms with Crippen molar-refractivity contribution < 1.29 is 9.53 Å². The second-order valence-corrected chi connectivity index (χ2v) is 6.26. The molecule has 0 bridgehead atoms. The fourth-order valence-corrected chi connectivity index (χ4v) is 3.57. The van der Waals surface area contributed by atoms with Crippen LogP contribution in [0.1, 0.15) is 55.6 Å². The van der Waals surface area contributed by atoms with Gasteiger partial charge in [-0.3, -0.25) is 4.79 Å². The van der Waals surface area contributed by atoms with Crippen LogP contribution in [0, 0.1) is 17.2 Å². The number of rotatable bonds is 2. The summed E-state index contributed by atoms with van der Waals surface area (Å²) in [6.07, 6.45) is 6.06. The minimum absolute atomic E-state index is 0.340. The van der Waals surface area contributed by atoms with Crippen molar-refractivity contribution in [3.63, 3.8) is 0 Å². The number of nitrogens with zero attached hydrogens (tertiary/aromatic N) is 1. The fraction of sp³-hybridized carbons (Fsp3) is 0.556. The van der Waals surface area contributed by atoms with E-state index in [4.69, 9.17) is 10.00 Å². The Kier molecular flexibility index (Phi) is 4.36. The van der Waals surface area contributed by atoms with Crippen molar-refractivity contribution in [2.45, 2.75) is 50.5 Å². The van der Waals surface area contributed by atoms with E-state index in [2.05, 4.69) is 6.07 Å². The van der Waals surface area contributed by atoms with Gasteiger partial charge in [0.2, 0.25) is 0 Å². The maximum absolute atomic E-state index is 11.3. The lowest BCUT2D eigenvalue weighted by atomic mass is 9.80. The second-order valence-electron chi connectivity index (χ2n) is 6.26. The molecule has 0 amide bonds. The Morgan fingerprint density at radius 1 is 1.05 bits per heavy atom. The quantitative estimate of drug-likeness (QED) is 0.833. The lowest BCUT2D eigenvalue weighted by Gasteiger charge is -2.35. The van der Waals surface area contributed by atoms with Crippen molar-refractivity contribution >= 4 is 5.78 Å². The number of hydrogen-bond donors (Lipinski definition) is 0. The lowest BCUT2D eigenvalue weighted by Crippen LogP contribution is -2.33. The molecule has 0 spiro atoms. The molecular weight excluding hydrogens is 262 g/mol. The van der Waals surface area contributed by atoms with Gasteiger partial charge in [0.25, 0.3) is 0 Å². The smallest absolute Gasteiger partial charge is 0.132 e. The minimum Gasteiger partial charge on any atom is -0.377 e. The van der Waals surface area contributed by atoms with Crippen LogP contribution in [0.5, 0.6) is 0 Å². The second kappa shape index (κ2) is 6.41. The summed E-state index contributed by atoms with van der Waals surface area (Å²) >= 11 is 0. The molecule has 2 atom stereocenters. The van der Waals surface area contributed by atoms with E-state index in [1.165, 1.54) is 5.56 Å². The standard InChI is InChI=1S/C18H21NO2/c19-11-13-1-3-14(4-2-13)16-7-10-18(21-12-16)15-5-8-17(20)9-6-15/h1-4,15-16,18H,5-10,12H2. The van der Waals surface area contributed by atoms with Gasteiger partial charge < -0.3 is 4.74 Å². The number of ether oxygens (including phenoxy) is 1. The normalized spacial score (nSPS) is 27.3. The molecule has 1 heterocycles. The zero-order valence-electron chi connectivity index (χ0n) is 12.3. The van der Waals surface area contributed by atoms with E-state index < -0.39 is 0 Å². The molecule has 2 unspecified atom stereocenters. The average Bonchev–Trinajstić information content (AvgIpc) is 2.56. The number of ketones is 1. The predicted molar refractivity (Wildman–Crippen MR) is 79.8 cm³/mol. The van der Waals surface area contributed by atoms with Crippen LogP contribution in [-0.2, 0) is 9.53 Å². The molecule has 1 aromatic rings. The van der Waals surface area contributed by atoms with E-state index in [0.717, 1.165) is 45.1 Å². The summed E-state index contributed by atoms with van der Waals surface area (Å²) < 4.78 is 6.10. The van der Waals surface area contributed by atoms with Gasteiger partial charge in [0, 0.05) is 18.8 Å². The highest BCUT2D eigenvalue weighted by molar-refractivity contribution is 5.79. The van der Waals surface area contributed by atoms with Gasteiger partial charge in [0.05, 0.1) is 24.3 Å². The van der Waals surface area contributed by atoms with Gasteiger partial charge in [-0.25, -0.2) is 0 Å². The van der Waals surface area contributed by atoms with Crippen molar-refractivity contribution in [1.29, 1.82) is 5.26 Å². The molecule has 2 aliphatic rings. The van der Waals surface area contributed by atoms with E-state index in [0.29, 0.717) is 29.3 Å². The summed E-state index contributed by atoms with van der Waals surface area (Å²) in [5, 5.41) is 8.84. The van der Waals surface area contributed by atoms with Crippen molar-refractivity contribution in [2.75, 3.05) is 6.61 Å². The topological polar surface area (TPSA) is 50.1 Å².